The smallest absolute Gasteiger partial charge is 0.403 e. The lowest BCUT2D eigenvalue weighted by Gasteiger charge is -2.32. The second-order valence-electron chi connectivity index (χ2n) is 9.55. The second-order valence-corrected chi connectivity index (χ2v) is 9.55. The molecule has 0 aromatic heterocycles. The number of aryl methyl sites for hydroxylation is 1. The van der Waals surface area contributed by atoms with E-state index < -0.39 is 0 Å². The second kappa shape index (κ2) is 8.25. The summed E-state index contributed by atoms with van der Waals surface area (Å²) in [6.07, 6.45) is 2.24. The van der Waals surface area contributed by atoms with Crippen molar-refractivity contribution in [3.63, 3.8) is 0 Å². The molecule has 1 unspecified atom stereocenters. The van der Waals surface area contributed by atoms with E-state index in [1.807, 2.05) is 6.07 Å². The summed E-state index contributed by atoms with van der Waals surface area (Å²) in [4.78, 5) is 0. The lowest BCUT2D eigenvalue weighted by atomic mass is 9.79. The molecule has 2 fully saturated rings. The quantitative estimate of drug-likeness (QED) is 0.552. The molecule has 2 aromatic rings. The zero-order valence-electron chi connectivity index (χ0n) is 18.1. The van der Waals surface area contributed by atoms with Gasteiger partial charge in [-0.2, -0.15) is 0 Å². The van der Waals surface area contributed by atoms with E-state index in [1.165, 1.54) is 11.1 Å². The summed E-state index contributed by atoms with van der Waals surface area (Å²) in [5, 5.41) is 0. The van der Waals surface area contributed by atoms with Gasteiger partial charge in [0.2, 0.25) is 0 Å². The Morgan fingerprint density at radius 1 is 0.793 bits per heavy atom. The molecule has 3 atom stereocenters. The maximum Gasteiger partial charge on any atom is 0.461 e. The Morgan fingerprint density at radius 2 is 1.34 bits per heavy atom. The Bertz CT molecular complexity index is 774. The van der Waals surface area contributed by atoms with E-state index in [1.54, 1.807) is 0 Å². The number of ether oxygens (including phenoxy) is 1. The molecule has 3 nitrogen and oxygen atoms in total. The molecule has 1 aliphatic heterocycles. The first-order valence-electron chi connectivity index (χ1n) is 10.9. The summed E-state index contributed by atoms with van der Waals surface area (Å²) in [6.45, 7) is 9.97. The van der Waals surface area contributed by atoms with Crippen molar-refractivity contribution in [3.05, 3.63) is 71.8 Å². The summed E-state index contributed by atoms with van der Waals surface area (Å²) in [6, 6.07) is 21.1. The first-order valence-corrected chi connectivity index (χ1v) is 10.9. The van der Waals surface area contributed by atoms with E-state index >= 15 is 0 Å². The Hall–Kier alpha value is -1.62. The Labute approximate surface area is 175 Å². The van der Waals surface area contributed by atoms with Gasteiger partial charge in [-0.1, -0.05) is 60.7 Å². The van der Waals surface area contributed by atoms with Crippen LogP contribution in [0.25, 0.3) is 0 Å². The van der Waals surface area contributed by atoms with E-state index in [2.05, 4.69) is 82.3 Å². The molecule has 1 saturated heterocycles. The number of benzene rings is 2. The van der Waals surface area contributed by atoms with E-state index in [0.29, 0.717) is 24.3 Å². The maximum atomic E-state index is 6.39. The van der Waals surface area contributed by atoms with Crippen molar-refractivity contribution >= 4 is 7.12 Å². The highest BCUT2D eigenvalue weighted by atomic mass is 16.7. The van der Waals surface area contributed by atoms with E-state index in [9.17, 15) is 0 Å². The highest BCUT2D eigenvalue weighted by Crippen LogP contribution is 2.59. The van der Waals surface area contributed by atoms with Crippen LogP contribution in [0.4, 0.5) is 0 Å². The standard InChI is InChI=1S/C25H33BO3/c1-24(2)25(3,4)29-26(28-24)23-21(16-15-19-11-7-5-8-12-19)22(23)18-27-17-20-13-9-6-10-14-20/h5-14,21-23H,15-18H2,1-4H3/t21-,22-,23?/m0/s1. The predicted molar refractivity (Wildman–Crippen MR) is 118 cm³/mol. The normalized spacial score (nSPS) is 27.2. The monoisotopic (exact) mass is 392 g/mol. The fraction of sp³-hybridized carbons (Fsp3) is 0.520. The molecule has 0 bridgehead atoms. The van der Waals surface area contributed by atoms with Crippen LogP contribution in [0, 0.1) is 11.8 Å². The summed E-state index contributed by atoms with van der Waals surface area (Å²) in [5.74, 6) is 1.49. The van der Waals surface area contributed by atoms with E-state index in [0.717, 1.165) is 19.4 Å². The molecule has 2 aromatic carbocycles. The van der Waals surface area contributed by atoms with Gasteiger partial charge >= 0.3 is 7.12 Å². The average Bonchev–Trinajstić information content (AvgIpc) is 3.34. The van der Waals surface area contributed by atoms with Crippen molar-refractivity contribution in [1.29, 1.82) is 0 Å². The molecular formula is C25H33BO3. The van der Waals surface area contributed by atoms with Gasteiger partial charge in [0.05, 0.1) is 17.8 Å². The van der Waals surface area contributed by atoms with Crippen LogP contribution in [0.5, 0.6) is 0 Å². The van der Waals surface area contributed by atoms with Crippen LogP contribution in [0.3, 0.4) is 0 Å². The molecule has 4 rings (SSSR count). The predicted octanol–water partition coefficient (Wildman–Crippen LogP) is 5.54. The molecule has 0 amide bonds. The fourth-order valence-corrected chi connectivity index (χ4v) is 4.43. The van der Waals surface area contributed by atoms with Crippen molar-refractivity contribution in [2.45, 2.75) is 64.2 Å². The molecule has 29 heavy (non-hydrogen) atoms. The lowest BCUT2D eigenvalue weighted by Crippen LogP contribution is -2.41. The molecule has 4 heteroatoms. The van der Waals surface area contributed by atoms with E-state index in [-0.39, 0.29) is 18.3 Å². The molecule has 0 spiro atoms. The minimum Gasteiger partial charge on any atom is -0.403 e. The number of rotatable bonds is 8. The van der Waals surface area contributed by atoms with Gasteiger partial charge in [0.1, 0.15) is 0 Å². The minimum atomic E-state index is -0.278. The van der Waals surface area contributed by atoms with Crippen LogP contribution in [-0.4, -0.2) is 24.9 Å². The van der Waals surface area contributed by atoms with Crippen molar-refractivity contribution in [3.8, 4) is 0 Å². The largest absolute Gasteiger partial charge is 0.461 e. The van der Waals surface area contributed by atoms with Gasteiger partial charge in [-0.05, 0) is 63.5 Å². The number of hydrogen-bond acceptors (Lipinski definition) is 3. The zero-order chi connectivity index (χ0) is 20.5. The molecule has 154 valence electrons. The van der Waals surface area contributed by atoms with Crippen LogP contribution < -0.4 is 0 Å². The van der Waals surface area contributed by atoms with Gasteiger partial charge in [0.15, 0.2) is 0 Å². The van der Waals surface area contributed by atoms with Crippen molar-refractivity contribution < 1.29 is 14.0 Å². The summed E-state index contributed by atoms with van der Waals surface area (Å²) < 4.78 is 18.9. The lowest BCUT2D eigenvalue weighted by molar-refractivity contribution is 0.00578. The molecule has 1 heterocycles. The third-order valence-electron chi connectivity index (χ3n) is 7.01. The minimum absolute atomic E-state index is 0.133. The Morgan fingerprint density at radius 3 is 1.93 bits per heavy atom. The third-order valence-corrected chi connectivity index (χ3v) is 7.01. The Kier molecular flexibility index (Phi) is 5.88. The van der Waals surface area contributed by atoms with Gasteiger partial charge in [-0.25, -0.2) is 0 Å². The SMILES string of the molecule is CC1(C)OB(C2[C@@H](CCc3ccccc3)[C@@H]2COCc2ccccc2)OC1(C)C. The first-order chi connectivity index (χ1) is 13.9. The molecule has 1 saturated carbocycles. The summed E-state index contributed by atoms with van der Waals surface area (Å²) >= 11 is 0. The molecule has 1 aliphatic carbocycles. The zero-order valence-corrected chi connectivity index (χ0v) is 18.1. The van der Waals surface area contributed by atoms with Crippen molar-refractivity contribution in [1.82, 2.24) is 0 Å². The van der Waals surface area contributed by atoms with Gasteiger partial charge in [0, 0.05) is 12.4 Å². The van der Waals surface area contributed by atoms with Crippen LogP contribution in [0.15, 0.2) is 60.7 Å². The van der Waals surface area contributed by atoms with Gasteiger partial charge in [-0.3, -0.25) is 0 Å². The van der Waals surface area contributed by atoms with Crippen LogP contribution in [0.1, 0.15) is 45.2 Å². The third kappa shape index (κ3) is 4.60. The van der Waals surface area contributed by atoms with Crippen LogP contribution in [-0.2, 0) is 27.1 Å². The topological polar surface area (TPSA) is 27.7 Å². The summed E-state index contributed by atoms with van der Waals surface area (Å²) in [7, 11) is -0.133. The molecule has 0 radical (unpaired) electrons. The van der Waals surface area contributed by atoms with Crippen molar-refractivity contribution in [2.24, 2.45) is 11.8 Å². The van der Waals surface area contributed by atoms with Gasteiger partial charge < -0.3 is 14.0 Å². The van der Waals surface area contributed by atoms with E-state index in [4.69, 9.17) is 14.0 Å². The fourth-order valence-electron chi connectivity index (χ4n) is 4.43. The highest BCUT2D eigenvalue weighted by Gasteiger charge is 2.64. The average molecular weight is 392 g/mol. The molecular weight excluding hydrogens is 359 g/mol. The molecule has 2 aliphatic rings. The summed E-state index contributed by atoms with van der Waals surface area (Å²) in [5.41, 5.74) is 2.07. The Balaban J connectivity index is 1.38. The van der Waals surface area contributed by atoms with Gasteiger partial charge in [-0.15, -0.1) is 0 Å². The highest BCUT2D eigenvalue weighted by molar-refractivity contribution is 6.49. The first kappa shape index (κ1) is 20.6. The van der Waals surface area contributed by atoms with Gasteiger partial charge in [0.25, 0.3) is 0 Å². The van der Waals surface area contributed by atoms with Crippen LogP contribution >= 0.6 is 0 Å². The van der Waals surface area contributed by atoms with Crippen molar-refractivity contribution in [2.75, 3.05) is 6.61 Å². The van der Waals surface area contributed by atoms with Crippen LogP contribution in [0.2, 0.25) is 5.82 Å². The molecule has 0 N–H and O–H groups in total. The maximum absolute atomic E-state index is 6.39. The number of hydrogen-bond donors (Lipinski definition) is 0.